The lowest BCUT2D eigenvalue weighted by Crippen LogP contribution is -2.28. The lowest BCUT2D eigenvalue weighted by molar-refractivity contribution is -0.137. The van der Waals surface area contributed by atoms with Crippen molar-refractivity contribution in [2.75, 3.05) is 5.32 Å². The Morgan fingerprint density at radius 1 is 1.29 bits per heavy atom. The normalized spacial score (nSPS) is 12.1. The van der Waals surface area contributed by atoms with Gasteiger partial charge in [-0.1, -0.05) is 20.8 Å². The van der Waals surface area contributed by atoms with Gasteiger partial charge >= 0.3 is 12.1 Å². The number of ether oxygens (including phenoxy) is 1. The van der Waals surface area contributed by atoms with Crippen molar-refractivity contribution >= 4 is 17.9 Å². The van der Waals surface area contributed by atoms with Crippen molar-refractivity contribution in [2.45, 2.75) is 59.1 Å². The highest BCUT2D eigenvalue weighted by atomic mass is 16.6. The van der Waals surface area contributed by atoms with Crippen molar-refractivity contribution < 1.29 is 19.4 Å². The van der Waals surface area contributed by atoms with E-state index in [4.69, 9.17) is 9.84 Å². The molecular formula is C14H23N3O4. The molecular weight excluding hydrogens is 274 g/mol. The molecule has 0 saturated carbocycles. The van der Waals surface area contributed by atoms with Crippen LogP contribution < -0.4 is 5.32 Å². The number of amides is 1. The van der Waals surface area contributed by atoms with E-state index in [1.807, 2.05) is 20.8 Å². The number of carbonyl (C=O) groups is 2. The van der Waals surface area contributed by atoms with Crippen LogP contribution in [0.25, 0.3) is 0 Å². The predicted octanol–water partition coefficient (Wildman–Crippen LogP) is 2.61. The van der Waals surface area contributed by atoms with Crippen molar-refractivity contribution in [3.63, 3.8) is 0 Å². The van der Waals surface area contributed by atoms with Gasteiger partial charge in [0.05, 0.1) is 5.69 Å². The third-order valence-electron chi connectivity index (χ3n) is 2.46. The molecule has 7 nitrogen and oxygen atoms in total. The Hall–Kier alpha value is -2.05. The van der Waals surface area contributed by atoms with Crippen LogP contribution in [0.5, 0.6) is 0 Å². The predicted molar refractivity (Wildman–Crippen MR) is 78.4 cm³/mol. The Morgan fingerprint density at radius 3 is 2.29 bits per heavy atom. The molecule has 2 N–H and O–H groups in total. The Kier molecular flexibility index (Phi) is 4.65. The minimum Gasteiger partial charge on any atom is -0.480 e. The number of hydrogen-bond acceptors (Lipinski definition) is 4. The Bertz CT molecular complexity index is 535. The van der Waals surface area contributed by atoms with Gasteiger partial charge < -0.3 is 9.84 Å². The third kappa shape index (κ3) is 5.45. The maximum absolute atomic E-state index is 11.8. The van der Waals surface area contributed by atoms with Gasteiger partial charge in [0.2, 0.25) is 0 Å². The third-order valence-corrected chi connectivity index (χ3v) is 2.46. The zero-order valence-corrected chi connectivity index (χ0v) is 13.4. The summed E-state index contributed by atoms with van der Waals surface area (Å²) in [5.74, 6) is -0.734. The van der Waals surface area contributed by atoms with Crippen molar-refractivity contribution in [1.29, 1.82) is 0 Å². The van der Waals surface area contributed by atoms with E-state index in [2.05, 4.69) is 10.4 Å². The number of aromatic nitrogens is 2. The quantitative estimate of drug-likeness (QED) is 0.894. The van der Waals surface area contributed by atoms with Crippen LogP contribution >= 0.6 is 0 Å². The molecule has 0 radical (unpaired) electrons. The van der Waals surface area contributed by atoms with E-state index >= 15 is 0 Å². The maximum Gasteiger partial charge on any atom is 0.413 e. The number of aliphatic carboxylic acids is 1. The van der Waals surface area contributed by atoms with Gasteiger partial charge in [0.25, 0.3) is 0 Å². The summed E-state index contributed by atoms with van der Waals surface area (Å²) in [7, 11) is 0. The summed E-state index contributed by atoms with van der Waals surface area (Å²) in [5, 5.41) is 15.7. The van der Waals surface area contributed by atoms with Gasteiger partial charge in [-0.3, -0.25) is 10.1 Å². The molecule has 0 atom stereocenters. The monoisotopic (exact) mass is 297 g/mol. The van der Waals surface area contributed by atoms with E-state index in [0.717, 1.165) is 0 Å². The molecule has 1 amide bonds. The lowest BCUT2D eigenvalue weighted by Gasteiger charge is -2.19. The van der Waals surface area contributed by atoms with Crippen LogP contribution in [0.1, 0.15) is 47.2 Å². The maximum atomic E-state index is 11.8. The van der Waals surface area contributed by atoms with Crippen LogP contribution in [0.2, 0.25) is 0 Å². The molecule has 7 heteroatoms. The first kappa shape index (κ1) is 17.0. The summed E-state index contributed by atoms with van der Waals surface area (Å²) in [6.07, 6.45) is -0.644. The van der Waals surface area contributed by atoms with Crippen molar-refractivity contribution in [3.8, 4) is 0 Å². The average molecular weight is 297 g/mol. The van der Waals surface area contributed by atoms with Gasteiger partial charge in [0.1, 0.15) is 18.0 Å². The molecule has 0 saturated heterocycles. The minimum atomic E-state index is -1.04. The second-order valence-corrected chi connectivity index (χ2v) is 6.84. The van der Waals surface area contributed by atoms with Crippen LogP contribution in [-0.2, 0) is 21.5 Å². The van der Waals surface area contributed by atoms with Gasteiger partial charge in [0.15, 0.2) is 0 Å². The van der Waals surface area contributed by atoms with Crippen LogP contribution in [0.15, 0.2) is 6.07 Å². The highest BCUT2D eigenvalue weighted by Crippen LogP contribution is 2.24. The molecule has 1 heterocycles. The van der Waals surface area contributed by atoms with Crippen LogP contribution in [0.4, 0.5) is 10.6 Å². The molecule has 0 aliphatic heterocycles. The van der Waals surface area contributed by atoms with Crippen LogP contribution in [0.3, 0.4) is 0 Å². The topological polar surface area (TPSA) is 93.5 Å². The molecule has 0 aromatic carbocycles. The highest BCUT2D eigenvalue weighted by molar-refractivity contribution is 5.84. The average Bonchev–Trinajstić information content (AvgIpc) is 2.56. The first-order valence-electron chi connectivity index (χ1n) is 6.68. The fourth-order valence-electron chi connectivity index (χ4n) is 1.54. The summed E-state index contributed by atoms with van der Waals surface area (Å²) < 4.78 is 6.40. The molecule has 0 spiro atoms. The van der Waals surface area contributed by atoms with E-state index in [1.165, 1.54) is 4.68 Å². The Labute approximate surface area is 124 Å². The number of nitrogens with one attached hydrogen (secondary N) is 1. The molecule has 1 rings (SSSR count). The molecule has 0 fully saturated rings. The first-order valence-corrected chi connectivity index (χ1v) is 6.68. The molecule has 0 bridgehead atoms. The molecule has 0 unspecified atom stereocenters. The van der Waals surface area contributed by atoms with Crippen LogP contribution in [0, 0.1) is 0 Å². The number of rotatable bonds is 3. The van der Waals surface area contributed by atoms with E-state index in [9.17, 15) is 9.59 Å². The lowest BCUT2D eigenvalue weighted by atomic mass is 9.92. The van der Waals surface area contributed by atoms with E-state index in [1.54, 1.807) is 26.8 Å². The molecule has 118 valence electrons. The van der Waals surface area contributed by atoms with E-state index in [-0.39, 0.29) is 12.0 Å². The molecule has 0 aliphatic carbocycles. The number of hydrogen-bond donors (Lipinski definition) is 2. The van der Waals surface area contributed by atoms with Gasteiger partial charge in [-0.05, 0) is 20.8 Å². The summed E-state index contributed by atoms with van der Waals surface area (Å²) >= 11 is 0. The van der Waals surface area contributed by atoms with Gasteiger partial charge in [0, 0.05) is 11.5 Å². The first-order chi connectivity index (χ1) is 9.38. The number of anilines is 1. The smallest absolute Gasteiger partial charge is 0.413 e. The number of nitrogens with zero attached hydrogens (tertiary/aromatic N) is 2. The SMILES string of the molecule is CC(C)(C)OC(=O)Nc1cc(C(C)(C)C)nn1CC(=O)O. The van der Waals surface area contributed by atoms with E-state index < -0.39 is 17.7 Å². The second-order valence-electron chi connectivity index (χ2n) is 6.84. The number of carbonyl (C=O) groups excluding carboxylic acids is 1. The molecule has 1 aromatic rings. The van der Waals surface area contributed by atoms with Crippen molar-refractivity contribution in [3.05, 3.63) is 11.8 Å². The fourth-order valence-corrected chi connectivity index (χ4v) is 1.54. The number of carboxylic acid groups (broad SMARTS) is 1. The minimum absolute atomic E-state index is 0.256. The summed E-state index contributed by atoms with van der Waals surface area (Å²) in [6, 6.07) is 1.66. The van der Waals surface area contributed by atoms with Crippen molar-refractivity contribution in [1.82, 2.24) is 9.78 Å². The summed E-state index contributed by atoms with van der Waals surface area (Å²) in [6.45, 7) is 10.8. The Balaban J connectivity index is 3.01. The second kappa shape index (κ2) is 5.75. The van der Waals surface area contributed by atoms with Gasteiger partial charge in [-0.25, -0.2) is 9.48 Å². The van der Waals surface area contributed by atoms with E-state index in [0.29, 0.717) is 11.5 Å². The molecule has 21 heavy (non-hydrogen) atoms. The zero-order valence-electron chi connectivity index (χ0n) is 13.4. The van der Waals surface area contributed by atoms with Gasteiger partial charge in [-0.15, -0.1) is 0 Å². The number of carboxylic acids is 1. The van der Waals surface area contributed by atoms with Gasteiger partial charge in [-0.2, -0.15) is 5.10 Å². The largest absolute Gasteiger partial charge is 0.480 e. The highest BCUT2D eigenvalue weighted by Gasteiger charge is 2.23. The zero-order chi connectivity index (χ0) is 16.4. The molecule has 0 aliphatic rings. The molecule has 1 aromatic heterocycles. The van der Waals surface area contributed by atoms with Crippen LogP contribution in [-0.4, -0.2) is 32.6 Å². The Morgan fingerprint density at radius 2 is 1.86 bits per heavy atom. The summed E-state index contributed by atoms with van der Waals surface area (Å²) in [4.78, 5) is 22.7. The fraction of sp³-hybridized carbons (Fsp3) is 0.643. The van der Waals surface area contributed by atoms with Crippen molar-refractivity contribution in [2.24, 2.45) is 0 Å². The standard InChI is InChI=1S/C14H23N3O4/c1-13(2,3)9-7-10(17(16-9)8-11(18)19)15-12(20)21-14(4,5)6/h7H,8H2,1-6H3,(H,15,20)(H,18,19). The summed E-state index contributed by atoms with van der Waals surface area (Å²) in [5.41, 5.74) is -0.197.